The summed E-state index contributed by atoms with van der Waals surface area (Å²) in [5.74, 6) is 0.257. The van der Waals surface area contributed by atoms with Crippen LogP contribution in [0.1, 0.15) is 22.7 Å². The maximum atomic E-state index is 13.4. The molecule has 2 amide bonds. The molecule has 6 nitrogen and oxygen atoms in total. The number of carbonyl (C=O) groups is 2. The molecule has 2 heterocycles. The maximum Gasteiger partial charge on any atom is 0.263 e. The molecule has 1 atom stereocenters. The van der Waals surface area contributed by atoms with Gasteiger partial charge in [-0.15, -0.1) is 0 Å². The third kappa shape index (κ3) is 4.17. The Hall–Kier alpha value is -3.42. The molecule has 1 N–H and O–H groups in total. The summed E-state index contributed by atoms with van der Waals surface area (Å²) in [4.78, 5) is 37.0. The second-order valence-corrected chi connectivity index (χ2v) is 9.03. The molecule has 0 fully saturated rings. The number of fused-ring (bicyclic) bond motifs is 3. The molecule has 2 aliphatic heterocycles. The third-order valence-corrected chi connectivity index (χ3v) is 6.56. The first kappa shape index (κ1) is 21.4. The van der Waals surface area contributed by atoms with Crippen molar-refractivity contribution in [2.24, 2.45) is 9.98 Å². The number of benzene rings is 3. The number of para-hydroxylation sites is 1. The van der Waals surface area contributed by atoms with Crippen molar-refractivity contribution in [3.63, 3.8) is 0 Å². The van der Waals surface area contributed by atoms with Gasteiger partial charge in [-0.2, -0.15) is 0 Å². The van der Waals surface area contributed by atoms with Crippen LogP contribution in [0.5, 0.6) is 0 Å². The lowest BCUT2D eigenvalue weighted by Gasteiger charge is -2.25. The first-order valence-electron chi connectivity index (χ1n) is 10.3. The van der Waals surface area contributed by atoms with Gasteiger partial charge in [-0.05, 0) is 42.3 Å². The van der Waals surface area contributed by atoms with E-state index in [0.29, 0.717) is 21.7 Å². The van der Waals surface area contributed by atoms with Crippen LogP contribution >= 0.6 is 23.4 Å². The monoisotopic (exact) mass is 474 g/mol. The van der Waals surface area contributed by atoms with E-state index >= 15 is 0 Å². The van der Waals surface area contributed by atoms with Gasteiger partial charge in [0.05, 0.1) is 11.4 Å². The number of nitrogens with zero attached hydrogens (tertiary/aromatic N) is 3. The molecule has 33 heavy (non-hydrogen) atoms. The number of anilines is 1. The summed E-state index contributed by atoms with van der Waals surface area (Å²) < 4.78 is 0. The summed E-state index contributed by atoms with van der Waals surface area (Å²) in [6.07, 6.45) is 0. The largest absolute Gasteiger partial charge is 0.325 e. The molecule has 0 saturated carbocycles. The number of thioether (sulfide) groups is 1. The Kier molecular flexibility index (Phi) is 5.74. The van der Waals surface area contributed by atoms with E-state index in [2.05, 4.69) is 10.3 Å². The van der Waals surface area contributed by atoms with E-state index in [0.717, 1.165) is 22.4 Å². The molecule has 0 aliphatic carbocycles. The van der Waals surface area contributed by atoms with Crippen LogP contribution in [-0.2, 0) is 9.59 Å². The van der Waals surface area contributed by atoms with Crippen LogP contribution < -0.4 is 5.32 Å². The predicted molar refractivity (Wildman–Crippen MR) is 133 cm³/mol. The molecule has 3 aromatic rings. The summed E-state index contributed by atoms with van der Waals surface area (Å²) in [5, 5.41) is 3.87. The van der Waals surface area contributed by atoms with Crippen molar-refractivity contribution in [3.05, 3.63) is 94.5 Å². The van der Waals surface area contributed by atoms with Crippen LogP contribution in [0.25, 0.3) is 0 Å². The molecule has 8 heteroatoms. The topological polar surface area (TPSA) is 74.1 Å². The fraction of sp³-hybridized carbons (Fsp3) is 0.120. The summed E-state index contributed by atoms with van der Waals surface area (Å²) in [7, 11) is 0. The maximum absolute atomic E-state index is 13.4. The number of rotatable bonds is 4. The molecular weight excluding hydrogens is 456 g/mol. The molecule has 0 aromatic heterocycles. The number of amidine groups is 2. The van der Waals surface area contributed by atoms with Gasteiger partial charge in [0, 0.05) is 16.3 Å². The van der Waals surface area contributed by atoms with E-state index < -0.39 is 6.04 Å². The Morgan fingerprint density at radius 2 is 1.85 bits per heavy atom. The zero-order valence-electron chi connectivity index (χ0n) is 17.7. The molecule has 1 unspecified atom stereocenters. The average molecular weight is 475 g/mol. The van der Waals surface area contributed by atoms with E-state index in [-0.39, 0.29) is 17.6 Å². The predicted octanol–water partition coefficient (Wildman–Crippen LogP) is 5.35. The lowest BCUT2D eigenvalue weighted by Crippen LogP contribution is -2.40. The van der Waals surface area contributed by atoms with Gasteiger partial charge < -0.3 is 5.32 Å². The van der Waals surface area contributed by atoms with E-state index in [1.165, 1.54) is 16.7 Å². The van der Waals surface area contributed by atoms with Crippen LogP contribution in [0.4, 0.5) is 11.4 Å². The van der Waals surface area contributed by atoms with Crippen LogP contribution in [0.15, 0.2) is 82.8 Å². The van der Waals surface area contributed by atoms with Crippen LogP contribution in [-0.4, -0.2) is 33.5 Å². The highest BCUT2D eigenvalue weighted by atomic mass is 35.5. The van der Waals surface area contributed by atoms with Crippen molar-refractivity contribution < 1.29 is 9.59 Å². The number of aliphatic imine (C=N–C) groups is 2. The van der Waals surface area contributed by atoms with Crippen molar-refractivity contribution in [1.82, 2.24) is 4.90 Å². The van der Waals surface area contributed by atoms with Crippen molar-refractivity contribution in [3.8, 4) is 0 Å². The number of halogens is 1. The van der Waals surface area contributed by atoms with Gasteiger partial charge in [-0.1, -0.05) is 71.9 Å². The highest BCUT2D eigenvalue weighted by Gasteiger charge is 2.42. The molecule has 164 valence electrons. The first-order chi connectivity index (χ1) is 16.0. The van der Waals surface area contributed by atoms with Gasteiger partial charge in [0.2, 0.25) is 5.91 Å². The molecule has 0 bridgehead atoms. The second kappa shape index (κ2) is 8.84. The summed E-state index contributed by atoms with van der Waals surface area (Å²) >= 11 is 7.26. The minimum absolute atomic E-state index is 0.0834. The Morgan fingerprint density at radius 1 is 1.09 bits per heavy atom. The zero-order valence-corrected chi connectivity index (χ0v) is 19.2. The molecule has 0 saturated heterocycles. The van der Waals surface area contributed by atoms with Crippen molar-refractivity contribution in [1.29, 1.82) is 0 Å². The quantitative estimate of drug-likeness (QED) is 0.553. The Bertz CT molecular complexity index is 1320. The lowest BCUT2D eigenvalue weighted by molar-refractivity contribution is -0.124. The van der Waals surface area contributed by atoms with Gasteiger partial charge in [-0.25, -0.2) is 14.9 Å². The number of hydrogen-bond acceptors (Lipinski definition) is 5. The van der Waals surface area contributed by atoms with Crippen molar-refractivity contribution in [2.75, 3.05) is 11.1 Å². The van der Waals surface area contributed by atoms with Gasteiger partial charge in [0.1, 0.15) is 5.84 Å². The molecule has 2 aliphatic rings. The SMILES string of the molecule is Cc1ccc(Cl)cc1NC(=O)CSC1=Nc2ccccc2C2=NC(c3ccccc3)C(=O)N12. The molecule has 0 spiro atoms. The Morgan fingerprint density at radius 3 is 2.67 bits per heavy atom. The van der Waals surface area contributed by atoms with Gasteiger partial charge in [0.25, 0.3) is 5.91 Å². The summed E-state index contributed by atoms with van der Waals surface area (Å²) in [5.41, 5.74) is 3.92. The molecule has 0 radical (unpaired) electrons. The molecule has 3 aromatic carbocycles. The van der Waals surface area contributed by atoms with Gasteiger partial charge in [-0.3, -0.25) is 9.59 Å². The van der Waals surface area contributed by atoms with Crippen molar-refractivity contribution >= 4 is 57.6 Å². The van der Waals surface area contributed by atoms with E-state index in [4.69, 9.17) is 16.6 Å². The number of hydrogen-bond donors (Lipinski definition) is 1. The fourth-order valence-electron chi connectivity index (χ4n) is 3.74. The number of nitrogens with one attached hydrogen (secondary N) is 1. The Labute approximate surface area is 200 Å². The van der Waals surface area contributed by atoms with E-state index in [1.807, 2.05) is 67.6 Å². The third-order valence-electron chi connectivity index (χ3n) is 5.39. The normalized spacial score (nSPS) is 16.6. The Balaban J connectivity index is 1.40. The van der Waals surface area contributed by atoms with E-state index in [9.17, 15) is 9.59 Å². The fourth-order valence-corrected chi connectivity index (χ4v) is 4.72. The molecule has 5 rings (SSSR count). The number of amides is 2. The highest BCUT2D eigenvalue weighted by molar-refractivity contribution is 8.14. The lowest BCUT2D eigenvalue weighted by atomic mass is 10.1. The van der Waals surface area contributed by atoms with Crippen LogP contribution in [0.3, 0.4) is 0 Å². The minimum atomic E-state index is -0.638. The van der Waals surface area contributed by atoms with Crippen LogP contribution in [0, 0.1) is 6.92 Å². The smallest absolute Gasteiger partial charge is 0.263 e. The second-order valence-electron chi connectivity index (χ2n) is 7.65. The van der Waals surface area contributed by atoms with E-state index in [1.54, 1.807) is 12.1 Å². The average Bonchev–Trinajstić information content (AvgIpc) is 3.18. The zero-order chi connectivity index (χ0) is 22.9. The number of carbonyl (C=O) groups excluding carboxylic acids is 2. The van der Waals surface area contributed by atoms with Crippen molar-refractivity contribution in [2.45, 2.75) is 13.0 Å². The summed E-state index contributed by atoms with van der Waals surface area (Å²) in [6, 6.07) is 21.7. The highest BCUT2D eigenvalue weighted by Crippen LogP contribution is 2.37. The molecular formula is C25H19ClN4O2S. The minimum Gasteiger partial charge on any atom is -0.325 e. The first-order valence-corrected chi connectivity index (χ1v) is 11.7. The van der Waals surface area contributed by atoms with Crippen LogP contribution in [0.2, 0.25) is 5.02 Å². The number of aryl methyl sites for hydroxylation is 1. The summed E-state index contributed by atoms with van der Waals surface area (Å²) in [6.45, 7) is 1.90. The van der Waals surface area contributed by atoms with Gasteiger partial charge in [0.15, 0.2) is 11.2 Å². The van der Waals surface area contributed by atoms with Gasteiger partial charge >= 0.3 is 0 Å². The standard InChI is InChI=1S/C25H19ClN4O2S/c1-15-11-12-17(26)13-20(15)27-21(31)14-33-25-28-19-10-6-5-9-18(19)23-29-22(24(32)30(23)25)16-7-3-2-4-8-16/h2-13,22H,14H2,1H3,(H,27,31).